The molecule has 0 radical (unpaired) electrons. The highest BCUT2D eigenvalue weighted by atomic mass is 35.5. The van der Waals surface area contributed by atoms with Crippen LogP contribution >= 0.6 is 11.6 Å². The number of H-pyrrole nitrogens is 1. The van der Waals surface area contributed by atoms with Crippen LogP contribution in [0, 0.1) is 0 Å². The number of benzene rings is 2. The van der Waals surface area contributed by atoms with Gasteiger partial charge in [-0.25, -0.2) is 13.4 Å². The minimum atomic E-state index is -3.44. The van der Waals surface area contributed by atoms with Crippen molar-refractivity contribution in [2.75, 3.05) is 21.6 Å². The second-order valence-electron chi connectivity index (χ2n) is 7.70. The molecule has 4 aromatic rings. The number of anilines is 5. The molecule has 164 valence electrons. The summed E-state index contributed by atoms with van der Waals surface area (Å²) in [6, 6.07) is 12.8. The number of hydrogen-bond donors (Lipinski definition) is 4. The zero-order chi connectivity index (χ0) is 22.3. The molecule has 0 atom stereocenters. The number of aromatic amines is 1. The van der Waals surface area contributed by atoms with Crippen LogP contribution in [0.15, 0.2) is 48.7 Å². The van der Waals surface area contributed by atoms with E-state index in [1.165, 1.54) is 19.0 Å². The number of rotatable bonds is 7. The molecule has 4 N–H and O–H groups in total. The standard InChI is InChI=1S/C21H20ClN7O2S/c1-32(30,31)29-17-5-3-2-4-16(17)25-20-15(22)11-23-21(26-20)24-13-8-9-14-18(10-13)27-28-19(14)12-6-7-12/h2-5,8-12,29H,6-7H2,1H3,(H,27,28)(H2,23,24,25,26). The number of para-hydroxylation sites is 2. The maximum Gasteiger partial charge on any atom is 0.229 e. The lowest BCUT2D eigenvalue weighted by molar-refractivity contribution is 0.607. The maximum absolute atomic E-state index is 11.7. The molecular weight excluding hydrogens is 450 g/mol. The molecule has 1 saturated carbocycles. The molecular formula is C21H20ClN7O2S. The molecule has 0 bridgehead atoms. The van der Waals surface area contributed by atoms with E-state index in [-0.39, 0.29) is 0 Å². The Morgan fingerprint density at radius 3 is 2.62 bits per heavy atom. The fourth-order valence-corrected chi connectivity index (χ4v) is 4.15. The van der Waals surface area contributed by atoms with Crippen LogP contribution in [0.5, 0.6) is 0 Å². The van der Waals surface area contributed by atoms with Crippen LogP contribution in [0.2, 0.25) is 5.02 Å². The lowest BCUT2D eigenvalue weighted by Crippen LogP contribution is -2.11. The first-order valence-electron chi connectivity index (χ1n) is 9.97. The summed E-state index contributed by atoms with van der Waals surface area (Å²) >= 11 is 6.28. The summed E-state index contributed by atoms with van der Waals surface area (Å²) in [6.07, 6.45) is 4.95. The van der Waals surface area contributed by atoms with Gasteiger partial charge in [0, 0.05) is 17.0 Å². The lowest BCUT2D eigenvalue weighted by atomic mass is 10.1. The van der Waals surface area contributed by atoms with E-state index < -0.39 is 10.0 Å². The summed E-state index contributed by atoms with van der Waals surface area (Å²) in [7, 11) is -3.44. The van der Waals surface area contributed by atoms with Gasteiger partial charge in [-0.3, -0.25) is 9.82 Å². The minimum Gasteiger partial charge on any atom is -0.337 e. The quantitative estimate of drug-likeness (QED) is 0.308. The molecule has 2 heterocycles. The maximum atomic E-state index is 11.7. The minimum absolute atomic E-state index is 0.294. The molecule has 0 amide bonds. The fourth-order valence-electron chi connectivity index (χ4n) is 3.44. The van der Waals surface area contributed by atoms with Crippen molar-refractivity contribution in [3.8, 4) is 0 Å². The van der Waals surface area contributed by atoms with Crippen LogP contribution in [0.4, 0.5) is 28.8 Å². The van der Waals surface area contributed by atoms with Gasteiger partial charge in [0.1, 0.15) is 5.02 Å². The number of nitrogens with one attached hydrogen (secondary N) is 4. The molecule has 1 aliphatic rings. The summed E-state index contributed by atoms with van der Waals surface area (Å²) < 4.78 is 25.8. The molecule has 2 aromatic heterocycles. The van der Waals surface area contributed by atoms with Crippen molar-refractivity contribution in [2.24, 2.45) is 0 Å². The van der Waals surface area contributed by atoms with Crippen molar-refractivity contribution in [2.45, 2.75) is 18.8 Å². The molecule has 0 spiro atoms. The number of aromatic nitrogens is 4. The van der Waals surface area contributed by atoms with Gasteiger partial charge < -0.3 is 10.6 Å². The number of sulfonamides is 1. The summed E-state index contributed by atoms with van der Waals surface area (Å²) in [6.45, 7) is 0. The third-order valence-corrected chi connectivity index (χ3v) is 5.90. The van der Waals surface area contributed by atoms with Crippen molar-refractivity contribution < 1.29 is 8.42 Å². The Labute approximate surface area is 189 Å². The first kappa shape index (κ1) is 20.5. The van der Waals surface area contributed by atoms with Crippen molar-refractivity contribution >= 4 is 61.4 Å². The Kier molecular flexibility index (Phi) is 5.10. The Hall–Kier alpha value is -3.37. The van der Waals surface area contributed by atoms with E-state index in [9.17, 15) is 8.42 Å². The predicted octanol–water partition coefficient (Wildman–Crippen LogP) is 4.74. The normalized spacial score (nSPS) is 13.8. The highest BCUT2D eigenvalue weighted by molar-refractivity contribution is 7.92. The average molecular weight is 470 g/mol. The van der Waals surface area contributed by atoms with Crippen molar-refractivity contribution in [1.82, 2.24) is 20.2 Å². The highest BCUT2D eigenvalue weighted by Gasteiger charge is 2.27. The van der Waals surface area contributed by atoms with Gasteiger partial charge in [-0.2, -0.15) is 10.1 Å². The highest BCUT2D eigenvalue weighted by Crippen LogP contribution is 2.42. The molecule has 2 aromatic carbocycles. The van der Waals surface area contributed by atoms with Crippen molar-refractivity contribution in [3.05, 3.63) is 59.4 Å². The van der Waals surface area contributed by atoms with Gasteiger partial charge in [0.2, 0.25) is 16.0 Å². The Bertz CT molecular complexity index is 1420. The van der Waals surface area contributed by atoms with Crippen LogP contribution in [-0.4, -0.2) is 34.8 Å². The number of nitrogens with zero attached hydrogens (tertiary/aromatic N) is 3. The summed E-state index contributed by atoms with van der Waals surface area (Å²) in [5.41, 5.74) is 3.77. The summed E-state index contributed by atoms with van der Waals surface area (Å²) in [4.78, 5) is 8.71. The van der Waals surface area contributed by atoms with E-state index in [4.69, 9.17) is 11.6 Å². The van der Waals surface area contributed by atoms with Gasteiger partial charge in [0.25, 0.3) is 0 Å². The molecule has 0 unspecified atom stereocenters. The summed E-state index contributed by atoms with van der Waals surface area (Å²) in [5.74, 6) is 1.24. The Morgan fingerprint density at radius 2 is 1.88 bits per heavy atom. The fraction of sp³-hybridized carbons (Fsp3) is 0.190. The van der Waals surface area contributed by atoms with E-state index in [2.05, 4.69) is 35.5 Å². The molecule has 5 rings (SSSR count). The predicted molar refractivity (Wildman–Crippen MR) is 127 cm³/mol. The number of hydrogen-bond acceptors (Lipinski definition) is 7. The van der Waals surface area contributed by atoms with Gasteiger partial charge >= 0.3 is 0 Å². The van der Waals surface area contributed by atoms with Crippen molar-refractivity contribution in [3.63, 3.8) is 0 Å². The van der Waals surface area contributed by atoms with Crippen LogP contribution in [0.3, 0.4) is 0 Å². The SMILES string of the molecule is CS(=O)(=O)Nc1ccccc1Nc1nc(Nc2ccc3c(C4CC4)n[nH]c3c2)ncc1Cl. The van der Waals surface area contributed by atoms with Crippen LogP contribution < -0.4 is 15.4 Å². The van der Waals surface area contributed by atoms with E-state index in [0.717, 1.165) is 28.5 Å². The largest absolute Gasteiger partial charge is 0.337 e. The van der Waals surface area contributed by atoms with E-state index in [1.807, 2.05) is 18.2 Å². The van der Waals surface area contributed by atoms with E-state index in [0.29, 0.717) is 34.1 Å². The molecule has 0 aliphatic heterocycles. The van der Waals surface area contributed by atoms with Crippen molar-refractivity contribution in [1.29, 1.82) is 0 Å². The van der Waals surface area contributed by atoms with E-state index in [1.54, 1.807) is 24.3 Å². The third kappa shape index (κ3) is 4.46. The van der Waals surface area contributed by atoms with Crippen LogP contribution in [0.1, 0.15) is 24.5 Å². The van der Waals surface area contributed by atoms with Gasteiger partial charge in [0.15, 0.2) is 5.82 Å². The molecule has 32 heavy (non-hydrogen) atoms. The molecule has 9 nitrogen and oxygen atoms in total. The van der Waals surface area contributed by atoms with Gasteiger partial charge in [0.05, 0.1) is 35.0 Å². The molecule has 1 fully saturated rings. The topological polar surface area (TPSA) is 125 Å². The smallest absolute Gasteiger partial charge is 0.229 e. The van der Waals surface area contributed by atoms with Crippen LogP contribution in [-0.2, 0) is 10.0 Å². The third-order valence-electron chi connectivity index (χ3n) is 5.03. The second-order valence-corrected chi connectivity index (χ2v) is 9.86. The molecule has 0 saturated heterocycles. The monoisotopic (exact) mass is 469 g/mol. The average Bonchev–Trinajstić information content (AvgIpc) is 3.50. The zero-order valence-corrected chi connectivity index (χ0v) is 18.6. The Balaban J connectivity index is 1.39. The first-order valence-corrected chi connectivity index (χ1v) is 12.2. The lowest BCUT2D eigenvalue weighted by Gasteiger charge is -2.14. The zero-order valence-electron chi connectivity index (χ0n) is 17.1. The van der Waals surface area contributed by atoms with Crippen LogP contribution in [0.25, 0.3) is 10.9 Å². The number of halogens is 1. The summed E-state index contributed by atoms with van der Waals surface area (Å²) in [5, 5.41) is 15.2. The molecule has 1 aliphatic carbocycles. The molecule has 11 heteroatoms. The number of fused-ring (bicyclic) bond motifs is 1. The van der Waals surface area contributed by atoms with E-state index >= 15 is 0 Å². The van der Waals surface area contributed by atoms with Gasteiger partial charge in [-0.05, 0) is 43.2 Å². The van der Waals surface area contributed by atoms with Gasteiger partial charge in [-0.15, -0.1) is 0 Å². The first-order chi connectivity index (χ1) is 15.4. The Morgan fingerprint density at radius 1 is 1.09 bits per heavy atom. The van der Waals surface area contributed by atoms with Gasteiger partial charge in [-0.1, -0.05) is 23.7 Å². The second kappa shape index (κ2) is 7.95.